The van der Waals surface area contributed by atoms with Gasteiger partial charge in [0.25, 0.3) is 0 Å². The predicted molar refractivity (Wildman–Crippen MR) is 48.8 cm³/mol. The fourth-order valence-electron chi connectivity index (χ4n) is 0.826. The first kappa shape index (κ1) is 9.70. The summed E-state index contributed by atoms with van der Waals surface area (Å²) in [4.78, 5) is 28.6. The van der Waals surface area contributed by atoms with E-state index < -0.39 is 11.4 Å². The van der Waals surface area contributed by atoms with Crippen LogP contribution in [0.5, 0.6) is 0 Å². The summed E-state index contributed by atoms with van der Waals surface area (Å²) in [6, 6.07) is 0. The van der Waals surface area contributed by atoms with Gasteiger partial charge in [0.2, 0.25) is 0 Å². The van der Waals surface area contributed by atoms with E-state index in [1.54, 1.807) is 0 Å². The van der Waals surface area contributed by atoms with Crippen LogP contribution in [0.15, 0.2) is 9.59 Å². The van der Waals surface area contributed by atoms with Gasteiger partial charge in [-0.2, -0.15) is 4.98 Å². The van der Waals surface area contributed by atoms with Gasteiger partial charge in [-0.15, -0.1) is 0 Å². The Morgan fingerprint density at radius 3 is 2.23 bits per heavy atom. The molecule has 0 aliphatic heterocycles. The first-order valence-electron chi connectivity index (χ1n) is 4.00. The maximum absolute atomic E-state index is 11.2. The minimum atomic E-state index is -0.520. The average Bonchev–Trinajstić information content (AvgIpc) is 1.97. The molecule has 13 heavy (non-hydrogen) atoms. The van der Waals surface area contributed by atoms with Gasteiger partial charge in [0, 0.05) is 12.5 Å². The molecule has 1 N–H and O–H groups in total. The molecule has 0 fully saturated rings. The van der Waals surface area contributed by atoms with Crippen LogP contribution in [0.3, 0.4) is 0 Å². The van der Waals surface area contributed by atoms with E-state index in [1.165, 1.54) is 7.05 Å². The molecule has 5 heteroatoms. The SMILES string of the molecule is Cn1c(=O)nc(C(C)(C)C)[nH]c1=O. The summed E-state index contributed by atoms with van der Waals surface area (Å²) in [7, 11) is 1.39. The molecule has 1 heterocycles. The summed E-state index contributed by atoms with van der Waals surface area (Å²) < 4.78 is 0.940. The third-order valence-corrected chi connectivity index (χ3v) is 1.73. The first-order chi connectivity index (χ1) is 5.82. The van der Waals surface area contributed by atoms with Crippen molar-refractivity contribution in [3.8, 4) is 0 Å². The monoisotopic (exact) mass is 183 g/mol. The quantitative estimate of drug-likeness (QED) is 0.604. The molecule has 0 saturated carbocycles. The van der Waals surface area contributed by atoms with Gasteiger partial charge in [0.1, 0.15) is 5.82 Å². The van der Waals surface area contributed by atoms with E-state index in [0.29, 0.717) is 5.82 Å². The Labute approximate surface area is 75.4 Å². The second kappa shape index (κ2) is 2.83. The molecular formula is C8H13N3O2. The molecule has 0 aliphatic rings. The summed E-state index contributed by atoms with van der Waals surface area (Å²) in [5.74, 6) is 0.417. The maximum Gasteiger partial charge on any atom is 0.353 e. The fraction of sp³-hybridized carbons (Fsp3) is 0.625. The molecule has 0 bridgehead atoms. The summed E-state index contributed by atoms with van der Waals surface area (Å²) in [6.07, 6.45) is 0. The third kappa shape index (κ3) is 1.85. The minimum absolute atomic E-state index is 0.313. The smallest absolute Gasteiger partial charge is 0.295 e. The highest BCUT2D eigenvalue weighted by Crippen LogP contribution is 2.14. The van der Waals surface area contributed by atoms with E-state index in [9.17, 15) is 9.59 Å². The molecule has 0 atom stereocenters. The van der Waals surface area contributed by atoms with Crippen molar-refractivity contribution in [1.82, 2.24) is 14.5 Å². The lowest BCUT2D eigenvalue weighted by molar-refractivity contribution is 0.521. The van der Waals surface area contributed by atoms with Crippen LogP contribution in [0.1, 0.15) is 26.6 Å². The molecule has 0 unspecified atom stereocenters. The van der Waals surface area contributed by atoms with Gasteiger partial charge in [-0.1, -0.05) is 20.8 Å². The number of nitrogens with zero attached hydrogens (tertiary/aromatic N) is 2. The van der Waals surface area contributed by atoms with Gasteiger partial charge < -0.3 is 0 Å². The third-order valence-electron chi connectivity index (χ3n) is 1.73. The minimum Gasteiger partial charge on any atom is -0.295 e. The Bertz CT molecular complexity index is 391. The van der Waals surface area contributed by atoms with Gasteiger partial charge in [0.15, 0.2) is 0 Å². The second-order valence-electron chi connectivity index (χ2n) is 3.98. The van der Waals surface area contributed by atoms with E-state index >= 15 is 0 Å². The van der Waals surface area contributed by atoms with E-state index in [-0.39, 0.29) is 5.41 Å². The highest BCUT2D eigenvalue weighted by molar-refractivity contribution is 4.98. The highest BCUT2D eigenvalue weighted by Gasteiger charge is 2.17. The number of hydrogen-bond donors (Lipinski definition) is 1. The van der Waals surface area contributed by atoms with Gasteiger partial charge in [-0.25, -0.2) is 14.2 Å². The van der Waals surface area contributed by atoms with Crippen molar-refractivity contribution in [2.45, 2.75) is 26.2 Å². The molecule has 72 valence electrons. The number of aromatic amines is 1. The zero-order valence-electron chi connectivity index (χ0n) is 8.21. The molecule has 0 amide bonds. The molecule has 0 spiro atoms. The first-order valence-corrected chi connectivity index (χ1v) is 4.00. The Morgan fingerprint density at radius 2 is 1.85 bits per heavy atom. The van der Waals surface area contributed by atoms with Crippen LogP contribution in [0.25, 0.3) is 0 Å². The normalized spacial score (nSPS) is 11.7. The average molecular weight is 183 g/mol. The summed E-state index contributed by atoms with van der Waals surface area (Å²) in [5, 5.41) is 0. The van der Waals surface area contributed by atoms with Crippen LogP contribution in [-0.2, 0) is 12.5 Å². The van der Waals surface area contributed by atoms with Crippen LogP contribution in [0.4, 0.5) is 0 Å². The highest BCUT2D eigenvalue weighted by atomic mass is 16.2. The van der Waals surface area contributed by atoms with E-state index in [1.807, 2.05) is 20.8 Å². The van der Waals surface area contributed by atoms with E-state index in [0.717, 1.165) is 4.57 Å². The molecule has 0 aliphatic carbocycles. The molecule has 5 nitrogen and oxygen atoms in total. The number of H-pyrrole nitrogens is 1. The largest absolute Gasteiger partial charge is 0.353 e. The number of nitrogens with one attached hydrogen (secondary N) is 1. The van der Waals surface area contributed by atoms with Gasteiger partial charge in [-0.3, -0.25) is 4.98 Å². The fourth-order valence-corrected chi connectivity index (χ4v) is 0.826. The summed E-state index contributed by atoms with van der Waals surface area (Å²) in [5.41, 5.74) is -1.26. The molecular weight excluding hydrogens is 170 g/mol. The van der Waals surface area contributed by atoms with Gasteiger partial charge in [-0.05, 0) is 0 Å². The molecule has 1 aromatic rings. The lowest BCUT2D eigenvalue weighted by Crippen LogP contribution is -2.38. The molecule has 0 aromatic carbocycles. The standard InChI is InChI=1S/C8H13N3O2/c1-8(2,3)5-9-6(12)11(4)7(13)10-5/h1-4H3,(H,9,10,12,13). The van der Waals surface area contributed by atoms with Crippen molar-refractivity contribution in [2.24, 2.45) is 7.05 Å². The van der Waals surface area contributed by atoms with Crippen LogP contribution in [-0.4, -0.2) is 14.5 Å². The Kier molecular flexibility index (Phi) is 2.11. The van der Waals surface area contributed by atoms with Crippen molar-refractivity contribution in [1.29, 1.82) is 0 Å². The maximum atomic E-state index is 11.2. The van der Waals surface area contributed by atoms with Crippen molar-refractivity contribution >= 4 is 0 Å². The molecule has 0 radical (unpaired) electrons. The van der Waals surface area contributed by atoms with Crippen LogP contribution in [0.2, 0.25) is 0 Å². The van der Waals surface area contributed by atoms with Crippen molar-refractivity contribution in [3.63, 3.8) is 0 Å². The number of aromatic nitrogens is 3. The van der Waals surface area contributed by atoms with E-state index in [2.05, 4.69) is 9.97 Å². The Morgan fingerprint density at radius 1 is 1.31 bits per heavy atom. The van der Waals surface area contributed by atoms with Gasteiger partial charge in [0.05, 0.1) is 0 Å². The number of rotatable bonds is 0. The van der Waals surface area contributed by atoms with Crippen molar-refractivity contribution < 1.29 is 0 Å². The molecule has 0 saturated heterocycles. The lowest BCUT2D eigenvalue weighted by atomic mass is 9.96. The topological polar surface area (TPSA) is 67.8 Å². The molecule has 1 aromatic heterocycles. The zero-order valence-corrected chi connectivity index (χ0v) is 8.21. The van der Waals surface area contributed by atoms with Crippen LogP contribution in [0, 0.1) is 0 Å². The van der Waals surface area contributed by atoms with Crippen LogP contribution >= 0.6 is 0 Å². The predicted octanol–water partition coefficient (Wildman–Crippen LogP) is -0.234. The zero-order chi connectivity index (χ0) is 10.2. The summed E-state index contributed by atoms with van der Waals surface area (Å²) >= 11 is 0. The van der Waals surface area contributed by atoms with E-state index in [4.69, 9.17) is 0 Å². The Hall–Kier alpha value is -1.39. The van der Waals surface area contributed by atoms with Crippen molar-refractivity contribution in [3.05, 3.63) is 26.8 Å². The number of hydrogen-bond acceptors (Lipinski definition) is 3. The lowest BCUT2D eigenvalue weighted by Gasteiger charge is -2.16. The second-order valence-corrected chi connectivity index (χ2v) is 3.98. The summed E-state index contributed by atoms with van der Waals surface area (Å²) in [6.45, 7) is 5.64. The van der Waals surface area contributed by atoms with Crippen LogP contribution < -0.4 is 11.4 Å². The Balaban J connectivity index is 3.47. The molecule has 1 rings (SSSR count). The van der Waals surface area contributed by atoms with Crippen molar-refractivity contribution in [2.75, 3.05) is 0 Å². The van der Waals surface area contributed by atoms with Gasteiger partial charge >= 0.3 is 11.4 Å².